The lowest BCUT2D eigenvalue weighted by molar-refractivity contribution is 0.0561. The van der Waals surface area contributed by atoms with Crippen LogP contribution in [0.25, 0.3) is 0 Å². The van der Waals surface area contributed by atoms with Gasteiger partial charge in [0.1, 0.15) is 0 Å². The van der Waals surface area contributed by atoms with E-state index >= 15 is 0 Å². The number of rotatable bonds is 1. The number of carbonyl (C=O) groups is 2. The Morgan fingerprint density at radius 2 is 2.12 bits per heavy atom. The molecule has 0 bridgehead atoms. The van der Waals surface area contributed by atoms with E-state index in [2.05, 4.69) is 10.3 Å². The van der Waals surface area contributed by atoms with Crippen LogP contribution in [0.4, 0.5) is 0 Å². The zero-order valence-corrected chi connectivity index (χ0v) is 9.35. The summed E-state index contributed by atoms with van der Waals surface area (Å²) in [6, 6.07) is 1.60. The average molecular weight is 231 g/mol. The minimum Gasteiger partial charge on any atom is -0.315 e. The number of aromatic nitrogens is 1. The van der Waals surface area contributed by atoms with E-state index in [1.54, 1.807) is 12.3 Å². The molecular weight excluding hydrogens is 218 g/mol. The first-order valence-corrected chi connectivity index (χ1v) is 5.81. The molecule has 3 heterocycles. The first-order chi connectivity index (χ1) is 8.29. The number of piperidine rings is 1. The number of nitrogens with zero attached hydrogens (tertiary/aromatic N) is 2. The summed E-state index contributed by atoms with van der Waals surface area (Å²) in [7, 11) is 0. The van der Waals surface area contributed by atoms with Crippen LogP contribution in [0.2, 0.25) is 0 Å². The number of hydrogen-bond acceptors (Lipinski definition) is 4. The molecule has 0 aromatic carbocycles. The van der Waals surface area contributed by atoms with Gasteiger partial charge in [-0.05, 0) is 25.5 Å². The third-order valence-electron chi connectivity index (χ3n) is 3.36. The fourth-order valence-electron chi connectivity index (χ4n) is 2.49. The van der Waals surface area contributed by atoms with Gasteiger partial charge in [0.05, 0.1) is 17.2 Å². The van der Waals surface area contributed by atoms with Crippen molar-refractivity contribution < 1.29 is 9.59 Å². The van der Waals surface area contributed by atoms with Gasteiger partial charge >= 0.3 is 0 Å². The molecule has 2 aliphatic rings. The van der Waals surface area contributed by atoms with E-state index in [0.717, 1.165) is 19.4 Å². The second-order valence-electron chi connectivity index (χ2n) is 4.40. The second-order valence-corrected chi connectivity index (χ2v) is 4.40. The summed E-state index contributed by atoms with van der Waals surface area (Å²) in [5.74, 6) is -0.382. The zero-order chi connectivity index (χ0) is 11.8. The Morgan fingerprint density at radius 1 is 1.29 bits per heavy atom. The van der Waals surface area contributed by atoms with Gasteiger partial charge in [-0.15, -0.1) is 0 Å². The zero-order valence-electron chi connectivity index (χ0n) is 9.35. The van der Waals surface area contributed by atoms with E-state index in [1.165, 1.54) is 11.1 Å². The van der Waals surface area contributed by atoms with Crippen LogP contribution in [0, 0.1) is 0 Å². The quantitative estimate of drug-likeness (QED) is 0.712. The van der Waals surface area contributed by atoms with Crippen molar-refractivity contribution in [3.63, 3.8) is 0 Å². The van der Waals surface area contributed by atoms with Crippen molar-refractivity contribution >= 4 is 11.8 Å². The second kappa shape index (κ2) is 3.92. The van der Waals surface area contributed by atoms with Gasteiger partial charge < -0.3 is 5.32 Å². The van der Waals surface area contributed by atoms with Gasteiger partial charge in [-0.25, -0.2) is 0 Å². The molecule has 5 nitrogen and oxygen atoms in total. The van der Waals surface area contributed by atoms with E-state index in [9.17, 15) is 9.59 Å². The summed E-state index contributed by atoms with van der Waals surface area (Å²) in [6.07, 6.45) is 4.90. The molecule has 1 aromatic rings. The molecule has 1 N–H and O–H groups in total. The number of pyridine rings is 1. The van der Waals surface area contributed by atoms with Crippen LogP contribution in [0.1, 0.15) is 33.6 Å². The van der Waals surface area contributed by atoms with E-state index in [-0.39, 0.29) is 17.9 Å². The molecule has 2 amide bonds. The molecule has 2 aliphatic heterocycles. The predicted molar refractivity (Wildman–Crippen MR) is 60.6 cm³/mol. The fourth-order valence-corrected chi connectivity index (χ4v) is 2.49. The first kappa shape index (κ1) is 10.4. The molecule has 1 aromatic heterocycles. The minimum atomic E-state index is -0.202. The Balaban J connectivity index is 1.94. The highest BCUT2D eigenvalue weighted by molar-refractivity contribution is 6.21. The highest BCUT2D eigenvalue weighted by Crippen LogP contribution is 2.25. The smallest absolute Gasteiger partial charge is 0.263 e. The normalized spacial score (nSPS) is 24.0. The van der Waals surface area contributed by atoms with Crippen LogP contribution in [0.3, 0.4) is 0 Å². The van der Waals surface area contributed by atoms with Crippen LogP contribution >= 0.6 is 0 Å². The molecule has 5 heteroatoms. The van der Waals surface area contributed by atoms with Gasteiger partial charge in [-0.3, -0.25) is 19.5 Å². The van der Waals surface area contributed by atoms with Crippen LogP contribution in [-0.2, 0) is 0 Å². The lowest BCUT2D eigenvalue weighted by Gasteiger charge is -2.29. The SMILES string of the molecule is O=C1c2ccncc2C(=O)N1C1CCCNC1. The highest BCUT2D eigenvalue weighted by atomic mass is 16.2. The van der Waals surface area contributed by atoms with Gasteiger partial charge in [0.15, 0.2) is 0 Å². The molecule has 1 unspecified atom stereocenters. The Morgan fingerprint density at radius 3 is 2.82 bits per heavy atom. The van der Waals surface area contributed by atoms with E-state index in [0.29, 0.717) is 17.7 Å². The molecular formula is C12H13N3O2. The van der Waals surface area contributed by atoms with Crippen molar-refractivity contribution in [3.05, 3.63) is 29.6 Å². The number of hydrogen-bond donors (Lipinski definition) is 1. The molecule has 1 saturated heterocycles. The monoisotopic (exact) mass is 231 g/mol. The maximum absolute atomic E-state index is 12.2. The van der Waals surface area contributed by atoms with Gasteiger partial charge in [0, 0.05) is 18.9 Å². The topological polar surface area (TPSA) is 62.3 Å². The van der Waals surface area contributed by atoms with Crippen LogP contribution in [-0.4, -0.2) is 40.8 Å². The minimum absolute atomic E-state index is 0.0175. The third kappa shape index (κ3) is 1.54. The maximum Gasteiger partial charge on any atom is 0.263 e. The largest absolute Gasteiger partial charge is 0.315 e. The van der Waals surface area contributed by atoms with Crippen LogP contribution in [0.15, 0.2) is 18.5 Å². The number of imide groups is 1. The standard InChI is InChI=1S/C12H13N3O2/c16-11-9-3-5-14-7-10(9)12(17)15(11)8-2-1-4-13-6-8/h3,5,7-8,13H,1-2,4,6H2. The Kier molecular flexibility index (Phi) is 2.40. The molecule has 0 radical (unpaired) electrons. The number of amides is 2. The Bertz CT molecular complexity index is 445. The number of carbonyl (C=O) groups excluding carboxylic acids is 2. The molecule has 0 spiro atoms. The van der Waals surface area contributed by atoms with Crippen molar-refractivity contribution in [2.24, 2.45) is 0 Å². The molecule has 0 saturated carbocycles. The van der Waals surface area contributed by atoms with Crippen molar-refractivity contribution in [2.45, 2.75) is 18.9 Å². The van der Waals surface area contributed by atoms with E-state index in [4.69, 9.17) is 0 Å². The highest BCUT2D eigenvalue weighted by Gasteiger charge is 2.40. The molecule has 17 heavy (non-hydrogen) atoms. The van der Waals surface area contributed by atoms with E-state index in [1.807, 2.05) is 0 Å². The van der Waals surface area contributed by atoms with Crippen molar-refractivity contribution in [2.75, 3.05) is 13.1 Å². The van der Waals surface area contributed by atoms with Gasteiger partial charge in [-0.1, -0.05) is 0 Å². The molecule has 88 valence electrons. The van der Waals surface area contributed by atoms with Crippen molar-refractivity contribution in [3.8, 4) is 0 Å². The summed E-state index contributed by atoms with van der Waals surface area (Å²) >= 11 is 0. The molecule has 1 atom stereocenters. The van der Waals surface area contributed by atoms with Crippen LogP contribution < -0.4 is 5.32 Å². The van der Waals surface area contributed by atoms with Crippen LogP contribution in [0.5, 0.6) is 0 Å². The maximum atomic E-state index is 12.2. The summed E-state index contributed by atoms with van der Waals surface area (Å²) < 4.78 is 0. The number of nitrogens with one attached hydrogen (secondary N) is 1. The lowest BCUT2D eigenvalue weighted by Crippen LogP contribution is -2.48. The molecule has 0 aliphatic carbocycles. The first-order valence-electron chi connectivity index (χ1n) is 5.81. The van der Waals surface area contributed by atoms with Gasteiger partial charge in [0.2, 0.25) is 0 Å². The Hall–Kier alpha value is -1.75. The van der Waals surface area contributed by atoms with Crippen molar-refractivity contribution in [1.29, 1.82) is 0 Å². The lowest BCUT2D eigenvalue weighted by atomic mass is 10.1. The summed E-state index contributed by atoms with van der Waals surface area (Å²) in [5.41, 5.74) is 0.915. The molecule has 1 fully saturated rings. The van der Waals surface area contributed by atoms with Gasteiger partial charge in [0.25, 0.3) is 11.8 Å². The average Bonchev–Trinajstić information content (AvgIpc) is 2.64. The number of fused-ring (bicyclic) bond motifs is 1. The van der Waals surface area contributed by atoms with E-state index < -0.39 is 0 Å². The fraction of sp³-hybridized carbons (Fsp3) is 0.417. The Labute approximate surface area is 98.8 Å². The van der Waals surface area contributed by atoms with Gasteiger partial charge in [-0.2, -0.15) is 0 Å². The van der Waals surface area contributed by atoms with Crippen molar-refractivity contribution in [1.82, 2.24) is 15.2 Å². The summed E-state index contributed by atoms with van der Waals surface area (Å²) in [4.78, 5) is 29.6. The third-order valence-corrected chi connectivity index (χ3v) is 3.36. The predicted octanol–water partition coefficient (Wildman–Crippen LogP) is 0.430. The summed E-state index contributed by atoms with van der Waals surface area (Å²) in [6.45, 7) is 1.65. The molecule has 3 rings (SSSR count). The summed E-state index contributed by atoms with van der Waals surface area (Å²) in [5, 5.41) is 3.22.